The molecule has 0 bridgehead atoms. The van der Waals surface area contributed by atoms with Gasteiger partial charge in [-0.25, -0.2) is 0 Å². The SMILES string of the molecule is CNN.CNNC. The number of rotatable bonds is 1. The summed E-state index contributed by atoms with van der Waals surface area (Å²) >= 11 is 0. The van der Waals surface area contributed by atoms with Crippen LogP contribution in [0.25, 0.3) is 0 Å². The third kappa shape index (κ3) is 122. The number of nitrogens with two attached hydrogens (primary N) is 1. The van der Waals surface area contributed by atoms with Crippen LogP contribution in [0.3, 0.4) is 0 Å². The highest BCUT2D eigenvalue weighted by Crippen LogP contribution is 1.07. The monoisotopic (exact) mass is 106 g/mol. The molecule has 0 aromatic rings. The standard InChI is InChI=1S/C2H8N2.CH6N2/c1-3-4-2;1-3-2/h3-4H,1-2H3;3H,2H2,1H3. The average Bonchev–Trinajstić information content (AvgIpc) is 1.69. The van der Waals surface area contributed by atoms with Crippen molar-refractivity contribution in [2.45, 2.75) is 0 Å². The number of hydrazine groups is 2. The molecule has 4 heteroatoms. The minimum atomic E-state index is 1.65. The van der Waals surface area contributed by atoms with E-state index in [2.05, 4.69) is 22.1 Å². The Morgan fingerprint density at radius 2 is 1.14 bits per heavy atom. The highest BCUT2D eigenvalue weighted by Gasteiger charge is 1.44. The van der Waals surface area contributed by atoms with E-state index < -0.39 is 0 Å². The highest BCUT2D eigenvalue weighted by molar-refractivity contribution is 3.99. The molecule has 4 nitrogen and oxygen atoms in total. The van der Waals surface area contributed by atoms with E-state index in [1.807, 2.05) is 14.1 Å². The smallest absolute Gasteiger partial charge is 0.00150 e. The first-order chi connectivity index (χ1) is 3.33. The molecule has 7 heavy (non-hydrogen) atoms. The van der Waals surface area contributed by atoms with E-state index in [-0.39, 0.29) is 0 Å². The fraction of sp³-hybridized carbons (Fsp3) is 1.00. The van der Waals surface area contributed by atoms with Gasteiger partial charge in [0.2, 0.25) is 0 Å². The van der Waals surface area contributed by atoms with E-state index in [4.69, 9.17) is 0 Å². The molecule has 0 fully saturated rings. The van der Waals surface area contributed by atoms with Gasteiger partial charge in [0.1, 0.15) is 0 Å². The predicted octanol–water partition coefficient (Wildman–Crippen LogP) is -1.58. The lowest BCUT2D eigenvalue weighted by Gasteiger charge is -1.81. The Kier molecular flexibility index (Phi) is 24.1. The second-order valence-electron chi connectivity index (χ2n) is 0.789. The van der Waals surface area contributed by atoms with Gasteiger partial charge in [0.15, 0.2) is 0 Å². The summed E-state index contributed by atoms with van der Waals surface area (Å²) in [6.45, 7) is 0. The average molecular weight is 106 g/mol. The Hall–Kier alpha value is -0.160. The lowest BCUT2D eigenvalue weighted by atomic mass is 11.4. The normalized spacial score (nSPS) is 6.86. The summed E-state index contributed by atoms with van der Waals surface area (Å²) in [5, 5.41) is 0. The van der Waals surface area contributed by atoms with E-state index in [1.54, 1.807) is 7.05 Å². The molecule has 0 unspecified atom stereocenters. The molecule has 0 amide bonds. The van der Waals surface area contributed by atoms with Gasteiger partial charge in [0.05, 0.1) is 0 Å². The zero-order valence-electron chi connectivity index (χ0n) is 5.08. The van der Waals surface area contributed by atoms with E-state index >= 15 is 0 Å². The summed E-state index contributed by atoms with van der Waals surface area (Å²) in [7, 11) is 5.29. The van der Waals surface area contributed by atoms with Crippen LogP contribution in [-0.4, -0.2) is 21.1 Å². The van der Waals surface area contributed by atoms with Crippen molar-refractivity contribution in [1.29, 1.82) is 0 Å². The molecular weight excluding hydrogens is 92.1 g/mol. The molecule has 0 radical (unpaired) electrons. The largest absolute Gasteiger partial charge is 0.272 e. The number of hydrogen-bond donors (Lipinski definition) is 4. The maximum atomic E-state index is 4.60. The van der Waals surface area contributed by atoms with Gasteiger partial charge in [-0.15, -0.1) is 0 Å². The van der Waals surface area contributed by atoms with Gasteiger partial charge >= 0.3 is 0 Å². The quantitative estimate of drug-likeness (QED) is 0.241. The Balaban J connectivity index is 0. The third-order valence-corrected chi connectivity index (χ3v) is 0.250. The van der Waals surface area contributed by atoms with Crippen molar-refractivity contribution in [1.82, 2.24) is 16.3 Å². The summed E-state index contributed by atoms with van der Waals surface area (Å²) in [5.74, 6) is 4.60. The van der Waals surface area contributed by atoms with Crippen LogP contribution >= 0.6 is 0 Å². The minimum absolute atomic E-state index is 1.65. The summed E-state index contributed by atoms with van der Waals surface area (Å²) in [6.07, 6.45) is 0. The van der Waals surface area contributed by atoms with Gasteiger partial charge in [0.25, 0.3) is 0 Å². The number of hydrogen-bond acceptors (Lipinski definition) is 4. The van der Waals surface area contributed by atoms with Crippen molar-refractivity contribution in [2.75, 3.05) is 21.1 Å². The second-order valence-corrected chi connectivity index (χ2v) is 0.789. The van der Waals surface area contributed by atoms with Crippen molar-refractivity contribution < 1.29 is 0 Å². The highest BCUT2D eigenvalue weighted by atomic mass is 15.3. The molecule has 0 spiro atoms. The lowest BCUT2D eigenvalue weighted by molar-refractivity contribution is 0.689. The molecule has 0 saturated heterocycles. The third-order valence-electron chi connectivity index (χ3n) is 0.250. The molecule has 0 aliphatic carbocycles. The first-order valence-corrected chi connectivity index (χ1v) is 2.04. The van der Waals surface area contributed by atoms with Crippen LogP contribution < -0.4 is 22.1 Å². The number of nitrogens with one attached hydrogen (secondary N) is 3. The molecule has 0 atom stereocenters. The van der Waals surface area contributed by atoms with Crippen LogP contribution in [0.2, 0.25) is 0 Å². The van der Waals surface area contributed by atoms with Crippen molar-refractivity contribution >= 4 is 0 Å². The van der Waals surface area contributed by atoms with Crippen LogP contribution in [0.15, 0.2) is 0 Å². The van der Waals surface area contributed by atoms with Crippen molar-refractivity contribution in [3.05, 3.63) is 0 Å². The van der Waals surface area contributed by atoms with Crippen molar-refractivity contribution in [3.63, 3.8) is 0 Å². The summed E-state index contributed by atoms with van der Waals surface area (Å²) in [6, 6.07) is 0. The Bertz CT molecular complexity index is 14.4. The molecule has 0 aliphatic heterocycles. The van der Waals surface area contributed by atoms with Crippen molar-refractivity contribution in [2.24, 2.45) is 5.84 Å². The lowest BCUT2D eigenvalue weighted by Crippen LogP contribution is -2.21. The van der Waals surface area contributed by atoms with Gasteiger partial charge in [0, 0.05) is 0 Å². The van der Waals surface area contributed by atoms with E-state index in [0.717, 1.165) is 0 Å². The fourth-order valence-corrected chi connectivity index (χ4v) is 0. The van der Waals surface area contributed by atoms with Gasteiger partial charge in [-0.2, -0.15) is 0 Å². The second kappa shape index (κ2) is 17.0. The van der Waals surface area contributed by atoms with Crippen molar-refractivity contribution in [3.8, 4) is 0 Å². The maximum Gasteiger partial charge on any atom is -0.00150 e. The van der Waals surface area contributed by atoms with Gasteiger partial charge < -0.3 is 0 Å². The predicted molar refractivity (Wildman–Crippen MR) is 31.4 cm³/mol. The van der Waals surface area contributed by atoms with E-state index in [0.29, 0.717) is 0 Å². The molecule has 0 aliphatic rings. The maximum absolute atomic E-state index is 4.60. The van der Waals surface area contributed by atoms with E-state index in [9.17, 15) is 0 Å². The Morgan fingerprint density at radius 3 is 1.14 bits per heavy atom. The van der Waals surface area contributed by atoms with E-state index in [1.165, 1.54) is 0 Å². The minimum Gasteiger partial charge on any atom is -0.272 e. The molecule has 46 valence electrons. The molecule has 0 aromatic carbocycles. The van der Waals surface area contributed by atoms with Crippen LogP contribution in [0.1, 0.15) is 0 Å². The zero-order chi connectivity index (χ0) is 6.12. The topological polar surface area (TPSA) is 62.1 Å². The summed E-state index contributed by atoms with van der Waals surface area (Å²) in [4.78, 5) is 0. The summed E-state index contributed by atoms with van der Waals surface area (Å²) in [5.41, 5.74) is 7.61. The first-order valence-electron chi connectivity index (χ1n) is 2.04. The van der Waals surface area contributed by atoms with Crippen LogP contribution in [0.4, 0.5) is 0 Å². The molecule has 0 aromatic heterocycles. The Morgan fingerprint density at radius 1 is 1.00 bits per heavy atom. The van der Waals surface area contributed by atoms with Crippen LogP contribution in [0, 0.1) is 0 Å². The molecular formula is C3H14N4. The molecule has 0 saturated carbocycles. The van der Waals surface area contributed by atoms with Crippen LogP contribution in [0.5, 0.6) is 0 Å². The molecule has 0 heterocycles. The fourth-order valence-electron chi connectivity index (χ4n) is 0. The zero-order valence-corrected chi connectivity index (χ0v) is 5.08. The molecule has 5 N–H and O–H groups in total. The molecule has 0 rings (SSSR count). The van der Waals surface area contributed by atoms with Gasteiger partial charge in [-0.1, -0.05) is 0 Å². The first kappa shape index (κ1) is 9.96. The van der Waals surface area contributed by atoms with Crippen LogP contribution in [-0.2, 0) is 0 Å². The summed E-state index contributed by atoms with van der Waals surface area (Å²) < 4.78 is 0. The van der Waals surface area contributed by atoms with Gasteiger partial charge in [-0.05, 0) is 21.1 Å². The van der Waals surface area contributed by atoms with Gasteiger partial charge in [-0.3, -0.25) is 22.1 Å². The Labute approximate surface area is 44.4 Å².